The molecule has 0 unspecified atom stereocenters. The van der Waals surface area contributed by atoms with E-state index >= 15 is 0 Å². The van der Waals surface area contributed by atoms with E-state index in [2.05, 4.69) is 35.6 Å². The summed E-state index contributed by atoms with van der Waals surface area (Å²) >= 11 is 0. The lowest BCUT2D eigenvalue weighted by Gasteiger charge is -2.08. The second-order valence-corrected chi connectivity index (χ2v) is 6.06. The molecule has 0 aliphatic heterocycles. The summed E-state index contributed by atoms with van der Waals surface area (Å²) in [6, 6.07) is 18.7. The number of unbranched alkanes of at least 4 members (excludes halogenated alkanes) is 2. The molecule has 24 heavy (non-hydrogen) atoms. The van der Waals surface area contributed by atoms with Crippen LogP contribution in [0.1, 0.15) is 36.8 Å². The number of aliphatic hydroxyl groups excluding tert-OH is 1. The van der Waals surface area contributed by atoms with Gasteiger partial charge in [-0.25, -0.2) is 0 Å². The van der Waals surface area contributed by atoms with E-state index in [1.54, 1.807) is 0 Å². The van der Waals surface area contributed by atoms with E-state index < -0.39 is 0 Å². The molecule has 0 spiro atoms. The number of nitrogens with one attached hydrogen (secondary N) is 1. The summed E-state index contributed by atoms with van der Waals surface area (Å²) in [5.41, 5.74) is 2.52. The lowest BCUT2D eigenvalue weighted by Crippen LogP contribution is -2.17. The zero-order valence-corrected chi connectivity index (χ0v) is 14.4. The molecule has 130 valence electrons. The van der Waals surface area contributed by atoms with Crippen molar-refractivity contribution in [3.05, 3.63) is 65.7 Å². The third-order valence-electron chi connectivity index (χ3n) is 3.98. The first kappa shape index (κ1) is 18.5. The Labute approximate surface area is 145 Å². The minimum Gasteiger partial charge on any atom is -0.489 e. The van der Waals surface area contributed by atoms with Gasteiger partial charge in [-0.15, -0.1) is 0 Å². The Morgan fingerprint density at radius 2 is 1.54 bits per heavy atom. The number of aliphatic hydroxyl groups is 1. The van der Waals surface area contributed by atoms with Crippen LogP contribution >= 0.6 is 0 Å². The van der Waals surface area contributed by atoms with Gasteiger partial charge in [-0.05, 0) is 68.5 Å². The van der Waals surface area contributed by atoms with Crippen molar-refractivity contribution in [3.63, 3.8) is 0 Å². The van der Waals surface area contributed by atoms with Crippen LogP contribution in [0.4, 0.5) is 0 Å². The Kier molecular flexibility index (Phi) is 8.99. The first-order chi connectivity index (χ1) is 11.9. The van der Waals surface area contributed by atoms with Gasteiger partial charge in [-0.1, -0.05) is 42.5 Å². The maximum absolute atomic E-state index is 8.72. The molecular weight excluding hydrogens is 298 g/mol. The fourth-order valence-corrected chi connectivity index (χ4v) is 2.60. The van der Waals surface area contributed by atoms with E-state index in [0.717, 1.165) is 38.1 Å². The van der Waals surface area contributed by atoms with Crippen molar-refractivity contribution in [1.29, 1.82) is 0 Å². The summed E-state index contributed by atoms with van der Waals surface area (Å²) < 4.78 is 5.88. The Hall–Kier alpha value is -1.84. The molecule has 2 aromatic carbocycles. The van der Waals surface area contributed by atoms with Crippen molar-refractivity contribution >= 4 is 0 Å². The molecule has 0 aliphatic carbocycles. The van der Waals surface area contributed by atoms with Crippen molar-refractivity contribution in [1.82, 2.24) is 5.32 Å². The van der Waals surface area contributed by atoms with Crippen LogP contribution in [0.15, 0.2) is 54.6 Å². The van der Waals surface area contributed by atoms with Gasteiger partial charge in [-0.2, -0.15) is 0 Å². The van der Waals surface area contributed by atoms with E-state index in [1.165, 1.54) is 24.0 Å². The number of hydrogen-bond acceptors (Lipinski definition) is 3. The third kappa shape index (κ3) is 7.62. The Bertz CT molecular complexity index is 557. The molecule has 0 heterocycles. The predicted molar refractivity (Wildman–Crippen MR) is 99.3 cm³/mol. The van der Waals surface area contributed by atoms with Crippen LogP contribution in [0.5, 0.6) is 5.75 Å². The topological polar surface area (TPSA) is 41.5 Å². The Balaban J connectivity index is 1.63. The second kappa shape index (κ2) is 11.7. The van der Waals surface area contributed by atoms with Crippen molar-refractivity contribution < 1.29 is 9.84 Å². The standard InChI is InChI=1S/C21H29NO2/c23-16-7-6-15-22-14-5-4-9-19-12-8-13-21(17-19)24-18-20-10-2-1-3-11-20/h1-3,8,10-13,17,22-23H,4-7,9,14-16,18H2. The molecule has 2 aromatic rings. The van der Waals surface area contributed by atoms with Crippen LogP contribution < -0.4 is 10.1 Å². The quantitative estimate of drug-likeness (QED) is 0.580. The van der Waals surface area contributed by atoms with Crippen molar-refractivity contribution in [3.8, 4) is 5.75 Å². The molecule has 0 bridgehead atoms. The molecule has 2 rings (SSSR count). The molecule has 0 saturated heterocycles. The first-order valence-corrected chi connectivity index (χ1v) is 8.96. The van der Waals surface area contributed by atoms with E-state index in [4.69, 9.17) is 9.84 Å². The molecule has 0 radical (unpaired) electrons. The van der Waals surface area contributed by atoms with E-state index in [1.807, 2.05) is 24.3 Å². The van der Waals surface area contributed by atoms with Crippen LogP contribution in [0.3, 0.4) is 0 Å². The molecule has 0 saturated carbocycles. The number of rotatable bonds is 12. The Morgan fingerprint density at radius 1 is 0.792 bits per heavy atom. The second-order valence-electron chi connectivity index (χ2n) is 6.06. The normalized spacial score (nSPS) is 10.7. The van der Waals surface area contributed by atoms with Gasteiger partial charge in [0.25, 0.3) is 0 Å². The maximum atomic E-state index is 8.72. The van der Waals surface area contributed by atoms with Crippen LogP contribution in [0, 0.1) is 0 Å². The Morgan fingerprint density at radius 3 is 2.33 bits per heavy atom. The largest absolute Gasteiger partial charge is 0.489 e. The first-order valence-electron chi connectivity index (χ1n) is 8.96. The summed E-state index contributed by atoms with van der Waals surface area (Å²) in [7, 11) is 0. The molecule has 0 atom stereocenters. The predicted octanol–water partition coefficient (Wildman–Crippen LogP) is 3.95. The van der Waals surface area contributed by atoms with Crippen LogP contribution in [-0.4, -0.2) is 24.8 Å². The van der Waals surface area contributed by atoms with Gasteiger partial charge in [0.1, 0.15) is 12.4 Å². The summed E-state index contributed by atoms with van der Waals surface area (Å²) in [6.07, 6.45) is 5.38. The highest BCUT2D eigenvalue weighted by molar-refractivity contribution is 5.29. The molecule has 3 nitrogen and oxygen atoms in total. The number of ether oxygens (including phenoxy) is 1. The highest BCUT2D eigenvalue weighted by atomic mass is 16.5. The highest BCUT2D eigenvalue weighted by Crippen LogP contribution is 2.16. The van der Waals surface area contributed by atoms with Gasteiger partial charge in [-0.3, -0.25) is 0 Å². The van der Waals surface area contributed by atoms with E-state index in [0.29, 0.717) is 13.2 Å². The van der Waals surface area contributed by atoms with Gasteiger partial charge >= 0.3 is 0 Å². The zero-order chi connectivity index (χ0) is 16.9. The molecule has 0 aliphatic rings. The monoisotopic (exact) mass is 327 g/mol. The van der Waals surface area contributed by atoms with Gasteiger partial charge in [0.05, 0.1) is 0 Å². The smallest absolute Gasteiger partial charge is 0.120 e. The molecular formula is C21H29NO2. The molecule has 0 fully saturated rings. The SMILES string of the molecule is OCCCCNCCCCc1cccc(OCc2ccccc2)c1. The van der Waals surface area contributed by atoms with Gasteiger partial charge < -0.3 is 15.2 Å². The molecule has 0 aromatic heterocycles. The summed E-state index contributed by atoms with van der Waals surface area (Å²) in [5.74, 6) is 0.943. The maximum Gasteiger partial charge on any atom is 0.120 e. The minimum atomic E-state index is 0.296. The van der Waals surface area contributed by atoms with Crippen molar-refractivity contribution in [2.75, 3.05) is 19.7 Å². The van der Waals surface area contributed by atoms with E-state index in [9.17, 15) is 0 Å². The third-order valence-corrected chi connectivity index (χ3v) is 3.98. The van der Waals surface area contributed by atoms with E-state index in [-0.39, 0.29) is 0 Å². The summed E-state index contributed by atoms with van der Waals surface area (Å²) in [4.78, 5) is 0. The fourth-order valence-electron chi connectivity index (χ4n) is 2.60. The van der Waals surface area contributed by atoms with Gasteiger partial charge in [0.2, 0.25) is 0 Å². The average Bonchev–Trinajstić information content (AvgIpc) is 2.63. The lowest BCUT2D eigenvalue weighted by atomic mass is 10.1. The molecule has 2 N–H and O–H groups in total. The summed E-state index contributed by atoms with van der Waals surface area (Å²) in [5, 5.41) is 12.1. The van der Waals surface area contributed by atoms with Crippen LogP contribution in [-0.2, 0) is 13.0 Å². The number of benzene rings is 2. The van der Waals surface area contributed by atoms with Crippen molar-refractivity contribution in [2.24, 2.45) is 0 Å². The molecule has 3 heteroatoms. The number of aryl methyl sites for hydroxylation is 1. The van der Waals surface area contributed by atoms with Gasteiger partial charge in [0.15, 0.2) is 0 Å². The average molecular weight is 327 g/mol. The molecule has 0 amide bonds. The fraction of sp³-hybridized carbons (Fsp3) is 0.429. The lowest BCUT2D eigenvalue weighted by molar-refractivity contribution is 0.283. The van der Waals surface area contributed by atoms with Gasteiger partial charge in [0, 0.05) is 6.61 Å². The minimum absolute atomic E-state index is 0.296. The van der Waals surface area contributed by atoms with Crippen LogP contribution in [0.25, 0.3) is 0 Å². The van der Waals surface area contributed by atoms with Crippen molar-refractivity contribution in [2.45, 2.75) is 38.7 Å². The number of hydrogen-bond donors (Lipinski definition) is 2. The highest BCUT2D eigenvalue weighted by Gasteiger charge is 1.99. The summed E-state index contributed by atoms with van der Waals surface area (Å²) in [6.45, 7) is 2.96. The zero-order valence-electron chi connectivity index (χ0n) is 14.4. The van der Waals surface area contributed by atoms with Crippen LogP contribution in [0.2, 0.25) is 0 Å².